The minimum atomic E-state index is -0.472. The average molecular weight is 453 g/mol. The van der Waals surface area contributed by atoms with E-state index in [1.54, 1.807) is 26.0 Å². The second-order valence-corrected chi connectivity index (χ2v) is 7.85. The van der Waals surface area contributed by atoms with Gasteiger partial charge in [0.05, 0.1) is 17.2 Å². The van der Waals surface area contributed by atoms with Crippen molar-refractivity contribution in [2.75, 3.05) is 13.2 Å². The number of carbonyl (C=O) groups is 2. The molecule has 0 unspecified atom stereocenters. The molecular weight excluding hydrogens is 428 g/mol. The maximum Gasteiger partial charge on any atom is 0.356 e. The normalized spacial score (nSPS) is 21.2. The molecule has 0 aromatic heterocycles. The van der Waals surface area contributed by atoms with Gasteiger partial charge in [0.25, 0.3) is 5.69 Å². The molecular formula is C23H25N4O6+. The van der Waals surface area contributed by atoms with Crippen LogP contribution in [0.15, 0.2) is 53.8 Å². The summed E-state index contributed by atoms with van der Waals surface area (Å²) in [5, 5.41) is 17.6. The number of carbonyl (C=O) groups excluding carboxylic acids is 2. The highest BCUT2D eigenvalue weighted by Crippen LogP contribution is 2.38. The lowest BCUT2D eigenvalue weighted by molar-refractivity contribution is -0.566. The molecule has 2 N–H and O–H groups in total. The van der Waals surface area contributed by atoms with Crippen molar-refractivity contribution < 1.29 is 28.6 Å². The molecule has 2 atom stereocenters. The van der Waals surface area contributed by atoms with E-state index in [-0.39, 0.29) is 31.0 Å². The number of nitrogens with one attached hydrogen (secondary N) is 2. The summed E-state index contributed by atoms with van der Waals surface area (Å²) in [5.74, 6) is -0.251. The molecule has 3 heterocycles. The molecule has 0 bridgehead atoms. The van der Waals surface area contributed by atoms with Gasteiger partial charge < -0.3 is 9.47 Å². The van der Waals surface area contributed by atoms with Gasteiger partial charge >= 0.3 is 17.9 Å². The van der Waals surface area contributed by atoms with E-state index in [9.17, 15) is 19.7 Å². The third kappa shape index (κ3) is 3.88. The Balaban J connectivity index is 1.75. The fraction of sp³-hybridized carbons (Fsp3) is 0.348. The number of non-ortho nitro benzene ring substituents is 1. The molecule has 10 heteroatoms. The molecule has 0 aliphatic carbocycles. The Hall–Kier alpha value is -3.95. The lowest BCUT2D eigenvalue weighted by Crippen LogP contribution is -2.56. The van der Waals surface area contributed by atoms with Crippen molar-refractivity contribution in [2.45, 2.75) is 38.8 Å². The number of nitro groups is 1. The molecule has 0 spiro atoms. The van der Waals surface area contributed by atoms with Crippen LogP contribution in [0.5, 0.6) is 0 Å². The zero-order chi connectivity index (χ0) is 23.7. The number of allylic oxidation sites excluding steroid dienone is 1. The summed E-state index contributed by atoms with van der Waals surface area (Å²) in [7, 11) is 0. The number of nitrogens with zero attached hydrogens (tertiary/aromatic N) is 2. The standard InChI is InChI=1S/C23H24N4O6/c1-4-12-33-21(28)18-13(3)24-23-25-20(14-6-8-15(9-7-14)27(30)31)19(22(29)32-5-2)17-11-10-16(18)26(17)23/h4,6-9,16-17H,1,5,10-12H2,2-3H3,(H,24,25,28,29)/p+1/t16-,17+/m0/s1. The molecule has 1 saturated heterocycles. The van der Waals surface area contributed by atoms with Crippen LogP contribution >= 0.6 is 0 Å². The summed E-state index contributed by atoms with van der Waals surface area (Å²) in [6.07, 6.45) is 2.77. The van der Waals surface area contributed by atoms with Crippen LogP contribution in [0.3, 0.4) is 0 Å². The molecule has 3 aliphatic heterocycles. The van der Waals surface area contributed by atoms with Crippen molar-refractivity contribution in [1.29, 1.82) is 0 Å². The van der Waals surface area contributed by atoms with E-state index in [1.165, 1.54) is 18.2 Å². The van der Waals surface area contributed by atoms with Crippen molar-refractivity contribution in [3.8, 4) is 0 Å². The summed E-state index contributed by atoms with van der Waals surface area (Å²) in [6.45, 7) is 7.44. The van der Waals surface area contributed by atoms with Crippen LogP contribution in [0, 0.1) is 10.1 Å². The summed E-state index contributed by atoms with van der Waals surface area (Å²) < 4.78 is 12.6. The van der Waals surface area contributed by atoms with Crippen molar-refractivity contribution >= 4 is 29.3 Å². The fourth-order valence-electron chi connectivity index (χ4n) is 4.62. The Morgan fingerprint density at radius 2 is 1.79 bits per heavy atom. The van der Waals surface area contributed by atoms with Crippen LogP contribution in [0.25, 0.3) is 5.70 Å². The first kappa shape index (κ1) is 22.3. The first-order valence-electron chi connectivity index (χ1n) is 10.7. The highest BCUT2D eigenvalue weighted by Gasteiger charge is 2.51. The largest absolute Gasteiger partial charge is 0.462 e. The number of hydrogen-bond donors (Lipinski definition) is 2. The Bertz CT molecular complexity index is 1130. The minimum absolute atomic E-state index is 0.0414. The summed E-state index contributed by atoms with van der Waals surface area (Å²) in [5.41, 5.74) is 2.72. The monoisotopic (exact) mass is 453 g/mol. The molecule has 0 saturated carbocycles. The van der Waals surface area contributed by atoms with Crippen LogP contribution in [-0.4, -0.2) is 52.7 Å². The maximum atomic E-state index is 13.0. The van der Waals surface area contributed by atoms with E-state index >= 15 is 0 Å². The van der Waals surface area contributed by atoms with Crippen LogP contribution in [0.1, 0.15) is 32.3 Å². The van der Waals surface area contributed by atoms with E-state index in [0.29, 0.717) is 46.9 Å². The molecule has 0 amide bonds. The van der Waals surface area contributed by atoms with Gasteiger partial charge in [-0.1, -0.05) is 12.7 Å². The smallest absolute Gasteiger partial charge is 0.356 e. The van der Waals surface area contributed by atoms with Gasteiger partial charge in [0.15, 0.2) is 0 Å². The predicted molar refractivity (Wildman–Crippen MR) is 119 cm³/mol. The van der Waals surface area contributed by atoms with Gasteiger partial charge in [-0.05, 0) is 38.8 Å². The van der Waals surface area contributed by atoms with E-state index in [2.05, 4.69) is 17.2 Å². The van der Waals surface area contributed by atoms with Crippen molar-refractivity contribution in [3.05, 3.63) is 69.4 Å². The first-order valence-corrected chi connectivity index (χ1v) is 10.7. The van der Waals surface area contributed by atoms with E-state index in [4.69, 9.17) is 9.47 Å². The molecule has 172 valence electrons. The summed E-state index contributed by atoms with van der Waals surface area (Å²) >= 11 is 0. The third-order valence-corrected chi connectivity index (χ3v) is 5.95. The van der Waals surface area contributed by atoms with Crippen LogP contribution in [0.4, 0.5) is 5.69 Å². The number of guanidine groups is 1. The first-order chi connectivity index (χ1) is 15.9. The third-order valence-electron chi connectivity index (χ3n) is 5.95. The highest BCUT2D eigenvalue weighted by atomic mass is 16.6. The van der Waals surface area contributed by atoms with Gasteiger partial charge in [-0.3, -0.25) is 10.1 Å². The zero-order valence-electron chi connectivity index (χ0n) is 18.4. The molecule has 10 nitrogen and oxygen atoms in total. The van der Waals surface area contributed by atoms with E-state index < -0.39 is 16.9 Å². The molecule has 0 radical (unpaired) electrons. The van der Waals surface area contributed by atoms with Crippen LogP contribution in [0.2, 0.25) is 0 Å². The van der Waals surface area contributed by atoms with Gasteiger partial charge in [0, 0.05) is 17.7 Å². The molecule has 3 aliphatic rings. The SMILES string of the molecule is C=CCOC(=O)C1=C(C)NC2=[N+]3[C@H](CC[C@@H]13)C(C(=O)OCC)=C(c1ccc([N+](=O)[O-])cc1)N2. The van der Waals surface area contributed by atoms with Crippen molar-refractivity contribution in [3.63, 3.8) is 0 Å². The topological polar surface area (TPSA) is 123 Å². The van der Waals surface area contributed by atoms with Crippen LogP contribution < -0.4 is 10.6 Å². The lowest BCUT2D eigenvalue weighted by Gasteiger charge is -2.32. The fourth-order valence-corrected chi connectivity index (χ4v) is 4.62. The number of nitro benzene ring substituents is 1. The lowest BCUT2D eigenvalue weighted by atomic mass is 9.97. The van der Waals surface area contributed by atoms with Gasteiger partial charge in [0.1, 0.15) is 35.5 Å². The van der Waals surface area contributed by atoms with Gasteiger partial charge in [-0.15, -0.1) is 0 Å². The molecule has 1 aromatic carbocycles. The molecule has 1 fully saturated rings. The maximum absolute atomic E-state index is 13.0. The van der Waals surface area contributed by atoms with E-state index in [0.717, 1.165) is 0 Å². The molecule has 1 aromatic rings. The zero-order valence-corrected chi connectivity index (χ0v) is 18.4. The Morgan fingerprint density at radius 1 is 1.15 bits per heavy atom. The van der Waals surface area contributed by atoms with Crippen molar-refractivity contribution in [2.24, 2.45) is 0 Å². The second-order valence-electron chi connectivity index (χ2n) is 7.85. The number of benzene rings is 1. The van der Waals surface area contributed by atoms with E-state index in [1.807, 2.05) is 4.58 Å². The Morgan fingerprint density at radius 3 is 2.39 bits per heavy atom. The summed E-state index contributed by atoms with van der Waals surface area (Å²) in [6, 6.07) is 5.40. The second kappa shape index (κ2) is 8.89. The molecule has 4 rings (SSSR count). The Labute approximate surface area is 190 Å². The van der Waals surface area contributed by atoms with Crippen molar-refractivity contribution in [1.82, 2.24) is 10.6 Å². The highest BCUT2D eigenvalue weighted by molar-refractivity contribution is 6.04. The van der Waals surface area contributed by atoms with Crippen LogP contribution in [-0.2, 0) is 19.1 Å². The quantitative estimate of drug-likeness (QED) is 0.211. The van der Waals surface area contributed by atoms with Gasteiger partial charge in [-0.25, -0.2) is 24.8 Å². The average Bonchev–Trinajstić information content (AvgIpc) is 3.22. The van der Waals surface area contributed by atoms with Gasteiger partial charge in [-0.2, -0.15) is 0 Å². The minimum Gasteiger partial charge on any atom is -0.462 e. The number of esters is 2. The molecule has 33 heavy (non-hydrogen) atoms. The predicted octanol–water partition coefficient (Wildman–Crippen LogP) is 1.98. The number of rotatable bonds is 7. The Kier molecular flexibility index (Phi) is 5.99. The number of ether oxygens (including phenoxy) is 2. The number of hydrogen-bond acceptors (Lipinski definition) is 8. The van der Waals surface area contributed by atoms with Gasteiger partial charge in [0.2, 0.25) is 0 Å². The summed E-state index contributed by atoms with van der Waals surface area (Å²) in [4.78, 5) is 36.4.